The number of benzene rings is 1. The van der Waals surface area contributed by atoms with Crippen molar-refractivity contribution in [3.05, 3.63) is 66.1 Å². The highest BCUT2D eigenvalue weighted by atomic mass is 19.4. The molecule has 1 aliphatic rings. The smallest absolute Gasteiger partial charge is 0.353 e. The highest BCUT2D eigenvalue weighted by Gasteiger charge is 2.30. The van der Waals surface area contributed by atoms with E-state index in [-0.39, 0.29) is 11.9 Å². The Kier molecular flexibility index (Phi) is 5.90. The lowest BCUT2D eigenvalue weighted by Gasteiger charge is -2.36. The number of piperazine rings is 1. The largest absolute Gasteiger partial charge is 0.416 e. The minimum atomic E-state index is -4.37. The summed E-state index contributed by atoms with van der Waals surface area (Å²) in [7, 11) is 0. The van der Waals surface area contributed by atoms with Gasteiger partial charge in [-0.2, -0.15) is 18.3 Å². The molecule has 3 aromatic rings. The van der Waals surface area contributed by atoms with Crippen LogP contribution in [-0.2, 0) is 6.18 Å². The quantitative estimate of drug-likeness (QED) is 0.596. The number of carbonyl (C=O) groups is 1. The molecule has 3 heterocycles. The number of amides is 1. The van der Waals surface area contributed by atoms with Crippen molar-refractivity contribution >= 4 is 11.7 Å². The molecule has 6 nitrogen and oxygen atoms in total. The van der Waals surface area contributed by atoms with Gasteiger partial charge in [0.2, 0.25) is 0 Å². The van der Waals surface area contributed by atoms with Gasteiger partial charge >= 0.3 is 6.18 Å². The van der Waals surface area contributed by atoms with Crippen LogP contribution in [0, 0.1) is 0 Å². The molecule has 0 atom stereocenters. The molecular weight excluding hydrogens is 419 g/mol. The zero-order valence-electron chi connectivity index (χ0n) is 17.9. The van der Waals surface area contributed by atoms with Gasteiger partial charge in [-0.1, -0.05) is 12.1 Å². The zero-order chi connectivity index (χ0) is 22.9. The number of aromatic nitrogens is 3. The molecule has 0 radical (unpaired) electrons. The second-order valence-corrected chi connectivity index (χ2v) is 8.03. The van der Waals surface area contributed by atoms with Gasteiger partial charge in [0.25, 0.3) is 5.91 Å². The zero-order valence-corrected chi connectivity index (χ0v) is 17.9. The van der Waals surface area contributed by atoms with Crippen molar-refractivity contribution in [3.63, 3.8) is 0 Å². The fraction of sp³-hybridized carbons (Fsp3) is 0.348. The Morgan fingerprint density at radius 2 is 1.72 bits per heavy atom. The molecular formula is C23H24F3N5O. The highest BCUT2D eigenvalue weighted by molar-refractivity contribution is 5.94. The Balaban J connectivity index is 1.48. The van der Waals surface area contributed by atoms with Gasteiger partial charge in [0.05, 0.1) is 17.3 Å². The Morgan fingerprint density at radius 3 is 2.31 bits per heavy atom. The van der Waals surface area contributed by atoms with E-state index in [0.717, 1.165) is 17.7 Å². The van der Waals surface area contributed by atoms with E-state index < -0.39 is 11.7 Å². The van der Waals surface area contributed by atoms with E-state index >= 15 is 0 Å². The summed E-state index contributed by atoms with van der Waals surface area (Å²) >= 11 is 0. The third kappa shape index (κ3) is 4.46. The maximum absolute atomic E-state index is 12.9. The molecule has 0 bridgehead atoms. The molecule has 0 spiro atoms. The van der Waals surface area contributed by atoms with Gasteiger partial charge < -0.3 is 9.80 Å². The number of hydrogen-bond acceptors (Lipinski definition) is 4. The molecule has 1 aliphatic heterocycles. The Morgan fingerprint density at radius 1 is 1.03 bits per heavy atom. The second-order valence-electron chi connectivity index (χ2n) is 8.03. The van der Waals surface area contributed by atoms with E-state index in [9.17, 15) is 18.0 Å². The van der Waals surface area contributed by atoms with Gasteiger partial charge in [0.15, 0.2) is 0 Å². The molecule has 2 aromatic heterocycles. The first kappa shape index (κ1) is 21.9. The molecule has 1 amide bonds. The van der Waals surface area contributed by atoms with E-state index in [1.807, 2.05) is 19.9 Å². The first-order valence-corrected chi connectivity index (χ1v) is 10.4. The summed E-state index contributed by atoms with van der Waals surface area (Å²) in [6, 6.07) is 8.90. The van der Waals surface area contributed by atoms with Crippen LogP contribution in [0.15, 0.2) is 55.0 Å². The summed E-state index contributed by atoms with van der Waals surface area (Å²) in [5, 5.41) is 4.24. The van der Waals surface area contributed by atoms with Gasteiger partial charge in [-0.3, -0.25) is 9.48 Å². The number of halogens is 3. The van der Waals surface area contributed by atoms with Crippen LogP contribution >= 0.6 is 0 Å². The van der Waals surface area contributed by atoms with Crippen LogP contribution in [0.2, 0.25) is 0 Å². The maximum atomic E-state index is 12.9. The summed E-state index contributed by atoms with van der Waals surface area (Å²) in [5.74, 6) is 0.646. The van der Waals surface area contributed by atoms with Crippen LogP contribution in [0.3, 0.4) is 0 Å². The monoisotopic (exact) mass is 443 g/mol. The van der Waals surface area contributed by atoms with E-state index in [1.165, 1.54) is 12.1 Å². The van der Waals surface area contributed by atoms with E-state index in [1.54, 1.807) is 34.2 Å². The molecule has 1 saturated heterocycles. The Bertz CT molecular complexity index is 1080. The van der Waals surface area contributed by atoms with Crippen LogP contribution < -0.4 is 4.90 Å². The fourth-order valence-electron chi connectivity index (χ4n) is 3.75. The highest BCUT2D eigenvalue weighted by Crippen LogP contribution is 2.33. The summed E-state index contributed by atoms with van der Waals surface area (Å²) in [4.78, 5) is 21.2. The topological polar surface area (TPSA) is 54.3 Å². The average molecular weight is 443 g/mol. The van der Waals surface area contributed by atoms with Gasteiger partial charge in [-0.15, -0.1) is 0 Å². The van der Waals surface area contributed by atoms with Crippen LogP contribution in [0.5, 0.6) is 0 Å². The standard InChI is InChI=1S/C23H24F3N5O/c1-16(2)31-15-18(14-28-31)22(32)30-12-10-29(11-13-30)21-20(4-3-9-27-21)17-5-7-19(8-6-17)23(24,25)26/h3-9,14-16H,10-13H2,1-2H3. The molecule has 0 aliphatic carbocycles. The first-order chi connectivity index (χ1) is 15.2. The Hall–Kier alpha value is -3.36. The van der Waals surface area contributed by atoms with Crippen molar-refractivity contribution in [3.8, 4) is 11.1 Å². The van der Waals surface area contributed by atoms with Crippen molar-refractivity contribution in [1.82, 2.24) is 19.7 Å². The lowest BCUT2D eigenvalue weighted by atomic mass is 10.0. The average Bonchev–Trinajstić information content (AvgIpc) is 3.29. The molecule has 0 N–H and O–H groups in total. The van der Waals surface area contributed by atoms with Crippen LogP contribution in [-0.4, -0.2) is 51.8 Å². The minimum absolute atomic E-state index is 0.0551. The fourth-order valence-corrected chi connectivity index (χ4v) is 3.75. The molecule has 4 rings (SSSR count). The summed E-state index contributed by atoms with van der Waals surface area (Å²) in [6.07, 6.45) is 0.655. The third-order valence-electron chi connectivity index (χ3n) is 5.55. The molecule has 9 heteroatoms. The van der Waals surface area contributed by atoms with Crippen molar-refractivity contribution in [2.45, 2.75) is 26.1 Å². The summed E-state index contributed by atoms with van der Waals surface area (Å²) in [6.45, 7) is 6.20. The summed E-state index contributed by atoms with van der Waals surface area (Å²) in [5.41, 5.74) is 1.31. The number of nitrogens with zero attached hydrogens (tertiary/aromatic N) is 5. The van der Waals surface area contributed by atoms with Crippen molar-refractivity contribution < 1.29 is 18.0 Å². The van der Waals surface area contributed by atoms with Crippen LogP contribution in [0.1, 0.15) is 35.8 Å². The molecule has 32 heavy (non-hydrogen) atoms. The predicted molar refractivity (Wildman–Crippen MR) is 115 cm³/mol. The summed E-state index contributed by atoms with van der Waals surface area (Å²) < 4.78 is 40.5. The lowest BCUT2D eigenvalue weighted by molar-refractivity contribution is -0.137. The maximum Gasteiger partial charge on any atom is 0.416 e. The van der Waals surface area contributed by atoms with Gasteiger partial charge in [-0.25, -0.2) is 4.98 Å². The minimum Gasteiger partial charge on any atom is -0.353 e. The van der Waals surface area contributed by atoms with Crippen LogP contribution in [0.4, 0.5) is 19.0 Å². The molecule has 0 saturated carbocycles. The van der Waals surface area contributed by atoms with Crippen molar-refractivity contribution in [1.29, 1.82) is 0 Å². The SMILES string of the molecule is CC(C)n1cc(C(=O)N2CCN(c3ncccc3-c3ccc(C(F)(F)F)cc3)CC2)cn1. The number of alkyl halides is 3. The van der Waals surface area contributed by atoms with Gasteiger partial charge in [-0.05, 0) is 43.7 Å². The van der Waals surface area contributed by atoms with Gasteiger partial charge in [0.1, 0.15) is 5.82 Å². The van der Waals surface area contributed by atoms with E-state index in [2.05, 4.69) is 15.0 Å². The van der Waals surface area contributed by atoms with Crippen molar-refractivity contribution in [2.75, 3.05) is 31.1 Å². The van der Waals surface area contributed by atoms with E-state index in [0.29, 0.717) is 43.1 Å². The van der Waals surface area contributed by atoms with Crippen molar-refractivity contribution in [2.24, 2.45) is 0 Å². The molecule has 1 aromatic carbocycles. The molecule has 168 valence electrons. The molecule has 0 unspecified atom stereocenters. The number of pyridine rings is 1. The Labute approximate surface area is 184 Å². The number of anilines is 1. The first-order valence-electron chi connectivity index (χ1n) is 10.4. The van der Waals surface area contributed by atoms with Crippen LogP contribution in [0.25, 0.3) is 11.1 Å². The predicted octanol–water partition coefficient (Wildman–Crippen LogP) is 4.51. The number of carbonyl (C=O) groups excluding carboxylic acids is 1. The molecule has 1 fully saturated rings. The number of rotatable bonds is 4. The normalized spacial score (nSPS) is 14.8. The second kappa shape index (κ2) is 8.64. The lowest BCUT2D eigenvalue weighted by Crippen LogP contribution is -2.49. The third-order valence-corrected chi connectivity index (χ3v) is 5.55. The van der Waals surface area contributed by atoms with Gasteiger partial charge in [0, 0.05) is 50.2 Å². The number of hydrogen-bond donors (Lipinski definition) is 0. The van der Waals surface area contributed by atoms with E-state index in [4.69, 9.17) is 0 Å².